The first-order valence-electron chi connectivity index (χ1n) is 10.3. The van der Waals surface area contributed by atoms with Crippen molar-refractivity contribution in [2.24, 2.45) is 0 Å². The minimum atomic E-state index is -0.225. The highest BCUT2D eigenvalue weighted by Crippen LogP contribution is 2.18. The molecule has 2 aromatic carbocycles. The minimum absolute atomic E-state index is 0.225. The third-order valence-electron chi connectivity index (χ3n) is 4.86. The number of carbonyl (C=O) groups is 2. The van der Waals surface area contributed by atoms with Crippen molar-refractivity contribution < 1.29 is 28.5 Å². The first-order chi connectivity index (χ1) is 15.4. The Kier molecular flexibility index (Phi) is 10.0. The summed E-state index contributed by atoms with van der Waals surface area (Å²) in [5.74, 6) is 0.974. The number of ether oxygens (including phenoxy) is 4. The fraction of sp³-hybridized carbons (Fsp3) is 0.308. The topological polar surface area (TPSA) is 71.1 Å². The molecule has 0 aliphatic carbocycles. The van der Waals surface area contributed by atoms with Crippen LogP contribution in [-0.2, 0) is 31.9 Å². The van der Waals surface area contributed by atoms with Gasteiger partial charge in [0.1, 0.15) is 24.7 Å². The molecule has 2 rings (SSSR count). The lowest BCUT2D eigenvalue weighted by Crippen LogP contribution is -2.08. The van der Waals surface area contributed by atoms with E-state index >= 15 is 0 Å². The average molecular weight is 439 g/mol. The molecule has 0 unspecified atom stereocenters. The molecule has 0 aliphatic rings. The van der Waals surface area contributed by atoms with Crippen molar-refractivity contribution in [2.45, 2.75) is 25.7 Å². The van der Waals surface area contributed by atoms with E-state index in [1.165, 1.54) is 14.2 Å². The van der Waals surface area contributed by atoms with Gasteiger partial charge in [0.2, 0.25) is 0 Å². The molecule has 0 N–H and O–H groups in total. The van der Waals surface area contributed by atoms with Gasteiger partial charge >= 0.3 is 11.9 Å². The molecular formula is C26H30O6. The molecule has 0 aromatic heterocycles. The number of hydrogen-bond acceptors (Lipinski definition) is 6. The predicted molar refractivity (Wildman–Crippen MR) is 123 cm³/mol. The lowest BCUT2D eigenvalue weighted by Gasteiger charge is -2.13. The van der Waals surface area contributed by atoms with Crippen LogP contribution in [-0.4, -0.2) is 39.4 Å². The normalized spacial score (nSPS) is 10.2. The van der Waals surface area contributed by atoms with Gasteiger partial charge in [-0.25, -0.2) is 0 Å². The van der Waals surface area contributed by atoms with Crippen LogP contribution in [0.3, 0.4) is 0 Å². The van der Waals surface area contributed by atoms with E-state index in [0.717, 1.165) is 22.3 Å². The summed E-state index contributed by atoms with van der Waals surface area (Å²) >= 11 is 0. The molecule has 0 saturated heterocycles. The van der Waals surface area contributed by atoms with Crippen LogP contribution in [0, 0.1) is 0 Å². The van der Waals surface area contributed by atoms with Crippen molar-refractivity contribution in [3.8, 4) is 11.5 Å². The summed E-state index contributed by atoms with van der Waals surface area (Å²) in [4.78, 5) is 22.4. The van der Waals surface area contributed by atoms with Gasteiger partial charge in [0.25, 0.3) is 0 Å². The molecule has 0 atom stereocenters. The van der Waals surface area contributed by atoms with Crippen molar-refractivity contribution in [1.29, 1.82) is 0 Å². The third kappa shape index (κ3) is 8.68. The summed E-state index contributed by atoms with van der Waals surface area (Å²) < 4.78 is 20.8. The number of methoxy groups -OCH3 is 2. The summed E-state index contributed by atoms with van der Waals surface area (Å²) in [6.45, 7) is 8.65. The van der Waals surface area contributed by atoms with Crippen LogP contribution in [0.1, 0.15) is 24.0 Å². The molecule has 0 aliphatic heterocycles. The van der Waals surface area contributed by atoms with Crippen molar-refractivity contribution in [1.82, 2.24) is 0 Å². The Labute approximate surface area is 189 Å². The van der Waals surface area contributed by atoms with Gasteiger partial charge in [-0.15, -0.1) is 0 Å². The zero-order valence-corrected chi connectivity index (χ0v) is 18.7. The molecule has 0 fully saturated rings. The Hall–Kier alpha value is -3.54. The molecule has 0 spiro atoms. The Morgan fingerprint density at radius 2 is 1.00 bits per heavy atom. The lowest BCUT2D eigenvalue weighted by molar-refractivity contribution is -0.141. The van der Waals surface area contributed by atoms with Gasteiger partial charge in [0.05, 0.1) is 14.2 Å². The van der Waals surface area contributed by atoms with Crippen LogP contribution in [0.15, 0.2) is 72.8 Å². The van der Waals surface area contributed by atoms with Crippen LogP contribution in [0.4, 0.5) is 0 Å². The maximum absolute atomic E-state index is 11.2. The van der Waals surface area contributed by atoms with Gasteiger partial charge in [-0.05, 0) is 59.4 Å². The minimum Gasteiger partial charge on any atom is -0.489 e. The molecule has 0 radical (unpaired) electrons. The van der Waals surface area contributed by atoms with E-state index < -0.39 is 0 Å². The largest absolute Gasteiger partial charge is 0.489 e. The van der Waals surface area contributed by atoms with E-state index in [1.807, 2.05) is 48.5 Å². The zero-order chi connectivity index (χ0) is 23.3. The number of carbonyl (C=O) groups excluding carboxylic acids is 2. The van der Waals surface area contributed by atoms with Crippen LogP contribution in [0.5, 0.6) is 11.5 Å². The number of hydrogen-bond donors (Lipinski definition) is 0. The average Bonchev–Trinajstić information content (AvgIpc) is 2.83. The fourth-order valence-corrected chi connectivity index (χ4v) is 2.75. The van der Waals surface area contributed by atoms with Crippen molar-refractivity contribution in [3.05, 3.63) is 84.0 Å². The summed E-state index contributed by atoms with van der Waals surface area (Å²) in [5.41, 5.74) is 3.57. The number of aryl methyl sites for hydroxylation is 2. The highest BCUT2D eigenvalue weighted by atomic mass is 16.5. The van der Waals surface area contributed by atoms with Crippen LogP contribution < -0.4 is 9.47 Å². The first kappa shape index (κ1) is 24.7. The van der Waals surface area contributed by atoms with Gasteiger partial charge in [0, 0.05) is 12.8 Å². The predicted octanol–water partition coefficient (Wildman–Crippen LogP) is 4.47. The quantitative estimate of drug-likeness (QED) is 0.340. The Morgan fingerprint density at radius 3 is 1.31 bits per heavy atom. The highest BCUT2D eigenvalue weighted by molar-refractivity contribution is 5.69. The second-order valence-electron chi connectivity index (χ2n) is 7.22. The molecule has 0 heterocycles. The van der Waals surface area contributed by atoms with E-state index in [9.17, 15) is 9.59 Å². The van der Waals surface area contributed by atoms with Crippen LogP contribution in [0.25, 0.3) is 0 Å². The smallest absolute Gasteiger partial charge is 0.305 e. The monoisotopic (exact) mass is 438 g/mol. The second-order valence-corrected chi connectivity index (χ2v) is 7.22. The van der Waals surface area contributed by atoms with Crippen LogP contribution >= 0.6 is 0 Å². The molecule has 0 saturated carbocycles. The Balaban J connectivity index is 1.72. The zero-order valence-electron chi connectivity index (χ0n) is 18.7. The van der Waals surface area contributed by atoms with E-state index in [4.69, 9.17) is 9.47 Å². The van der Waals surface area contributed by atoms with Gasteiger partial charge in [-0.3, -0.25) is 9.59 Å². The van der Waals surface area contributed by atoms with Crippen molar-refractivity contribution >= 4 is 11.9 Å². The van der Waals surface area contributed by atoms with Gasteiger partial charge < -0.3 is 18.9 Å². The van der Waals surface area contributed by atoms with Gasteiger partial charge in [0.15, 0.2) is 0 Å². The summed E-state index contributed by atoms with van der Waals surface area (Å²) in [7, 11) is 2.77. The molecular weight excluding hydrogens is 408 g/mol. The summed E-state index contributed by atoms with van der Waals surface area (Å²) in [5, 5.41) is 0. The van der Waals surface area contributed by atoms with E-state index in [2.05, 4.69) is 22.6 Å². The molecule has 170 valence electrons. The number of esters is 2. The molecule has 0 bridgehead atoms. The van der Waals surface area contributed by atoms with E-state index in [0.29, 0.717) is 50.4 Å². The lowest BCUT2D eigenvalue weighted by atomic mass is 10.1. The number of benzene rings is 2. The second kappa shape index (κ2) is 13.0. The third-order valence-corrected chi connectivity index (χ3v) is 4.86. The van der Waals surface area contributed by atoms with Crippen molar-refractivity contribution in [3.63, 3.8) is 0 Å². The summed E-state index contributed by atoms with van der Waals surface area (Å²) in [6.07, 6.45) is 1.95. The highest BCUT2D eigenvalue weighted by Gasteiger charge is 2.06. The van der Waals surface area contributed by atoms with Crippen LogP contribution in [0.2, 0.25) is 0 Å². The maximum Gasteiger partial charge on any atom is 0.305 e. The summed E-state index contributed by atoms with van der Waals surface area (Å²) in [6, 6.07) is 15.1. The maximum atomic E-state index is 11.2. The Bertz CT molecular complexity index is 835. The fourth-order valence-electron chi connectivity index (χ4n) is 2.75. The van der Waals surface area contributed by atoms with Gasteiger partial charge in [-0.1, -0.05) is 37.4 Å². The number of rotatable bonds is 13. The molecule has 32 heavy (non-hydrogen) atoms. The molecule has 6 nitrogen and oxygen atoms in total. The van der Waals surface area contributed by atoms with E-state index in [-0.39, 0.29) is 11.9 Å². The molecule has 6 heteroatoms. The SMILES string of the molecule is C=C(COc1ccc(CCC(=O)OC)cc1)C(=C)COc1ccc(CCC(=O)OC)cc1. The first-order valence-corrected chi connectivity index (χ1v) is 10.3. The molecule has 0 amide bonds. The standard InChI is InChI=1S/C26H30O6/c1-19(17-31-23-11-5-21(6-12-23)9-15-25(27)29-3)20(2)18-32-24-13-7-22(8-14-24)10-16-26(28)30-4/h5-8,11-14H,1-2,9-10,15-18H2,3-4H3. The van der Waals surface area contributed by atoms with E-state index in [1.54, 1.807) is 0 Å². The molecule has 2 aromatic rings. The van der Waals surface area contributed by atoms with Gasteiger partial charge in [-0.2, -0.15) is 0 Å². The van der Waals surface area contributed by atoms with Crippen molar-refractivity contribution in [2.75, 3.05) is 27.4 Å². The Morgan fingerprint density at radius 1 is 0.656 bits per heavy atom.